The van der Waals surface area contributed by atoms with Crippen molar-refractivity contribution in [3.05, 3.63) is 28.2 Å². The Bertz CT molecular complexity index is 527. The molecule has 20 heavy (non-hydrogen) atoms. The van der Waals surface area contributed by atoms with E-state index in [1.165, 1.54) is 6.07 Å². The third kappa shape index (κ3) is 4.58. The Morgan fingerprint density at radius 3 is 2.35 bits per heavy atom. The average Bonchev–Trinajstić information content (AvgIpc) is 2.29. The SMILES string of the molecule is CC(C)(C)[C@H](NC(=O)Nc1cc(Cl)ccc1Cl)C(N)=O. The second-order valence-corrected chi connectivity index (χ2v) is 6.27. The standard InChI is InChI=1S/C13H17Cl2N3O2/c1-13(2,3)10(11(16)19)18-12(20)17-9-6-7(14)4-5-8(9)15/h4-6,10H,1-3H3,(H2,16,19)(H2,17,18,20)/t10-/m1/s1. The highest BCUT2D eigenvalue weighted by Crippen LogP contribution is 2.25. The summed E-state index contributed by atoms with van der Waals surface area (Å²) in [5.41, 5.74) is 5.15. The molecule has 0 saturated heterocycles. The van der Waals surface area contributed by atoms with Crippen molar-refractivity contribution in [2.75, 3.05) is 5.32 Å². The fraction of sp³-hybridized carbons (Fsp3) is 0.385. The molecule has 0 fully saturated rings. The molecule has 4 N–H and O–H groups in total. The Balaban J connectivity index is 2.81. The van der Waals surface area contributed by atoms with Crippen LogP contribution in [0.3, 0.4) is 0 Å². The van der Waals surface area contributed by atoms with E-state index in [1.54, 1.807) is 32.9 Å². The van der Waals surface area contributed by atoms with Gasteiger partial charge in [-0.2, -0.15) is 0 Å². The van der Waals surface area contributed by atoms with E-state index in [9.17, 15) is 9.59 Å². The van der Waals surface area contributed by atoms with E-state index in [-0.39, 0.29) is 0 Å². The molecule has 0 unspecified atom stereocenters. The second kappa shape index (κ2) is 6.33. The molecule has 0 bridgehead atoms. The molecular weight excluding hydrogens is 301 g/mol. The van der Waals surface area contributed by atoms with Gasteiger partial charge in [0.1, 0.15) is 6.04 Å². The molecule has 3 amide bonds. The summed E-state index contributed by atoms with van der Waals surface area (Å²) in [6, 6.07) is 3.30. The number of carbonyl (C=O) groups excluding carboxylic acids is 2. The summed E-state index contributed by atoms with van der Waals surface area (Å²) >= 11 is 11.8. The number of nitrogens with one attached hydrogen (secondary N) is 2. The van der Waals surface area contributed by atoms with Gasteiger partial charge in [-0.1, -0.05) is 44.0 Å². The minimum Gasteiger partial charge on any atom is -0.368 e. The van der Waals surface area contributed by atoms with Crippen LogP contribution in [0.25, 0.3) is 0 Å². The zero-order valence-electron chi connectivity index (χ0n) is 11.5. The largest absolute Gasteiger partial charge is 0.368 e. The Morgan fingerprint density at radius 2 is 1.85 bits per heavy atom. The van der Waals surface area contributed by atoms with Crippen molar-refractivity contribution in [3.8, 4) is 0 Å². The van der Waals surface area contributed by atoms with Crippen molar-refractivity contribution in [3.63, 3.8) is 0 Å². The van der Waals surface area contributed by atoms with Gasteiger partial charge in [0.05, 0.1) is 10.7 Å². The van der Waals surface area contributed by atoms with E-state index in [1.807, 2.05) is 0 Å². The summed E-state index contributed by atoms with van der Waals surface area (Å²) in [6.07, 6.45) is 0. The van der Waals surface area contributed by atoms with Crippen LogP contribution < -0.4 is 16.4 Å². The van der Waals surface area contributed by atoms with Crippen molar-refractivity contribution in [1.29, 1.82) is 0 Å². The quantitative estimate of drug-likeness (QED) is 0.800. The predicted octanol–water partition coefficient (Wildman–Crippen LogP) is 3.01. The van der Waals surface area contributed by atoms with E-state index in [2.05, 4.69) is 10.6 Å². The van der Waals surface area contributed by atoms with Crippen molar-refractivity contribution in [2.24, 2.45) is 11.1 Å². The molecule has 1 aromatic carbocycles. The van der Waals surface area contributed by atoms with Crippen molar-refractivity contribution >= 4 is 40.8 Å². The van der Waals surface area contributed by atoms with Gasteiger partial charge < -0.3 is 16.4 Å². The molecule has 0 aromatic heterocycles. The molecule has 1 rings (SSSR count). The van der Waals surface area contributed by atoms with Crippen LogP contribution in [0.1, 0.15) is 20.8 Å². The summed E-state index contributed by atoms with van der Waals surface area (Å²) < 4.78 is 0. The van der Waals surface area contributed by atoms with Gasteiger partial charge in [0.25, 0.3) is 0 Å². The van der Waals surface area contributed by atoms with E-state index in [4.69, 9.17) is 28.9 Å². The molecule has 7 heteroatoms. The molecule has 110 valence electrons. The summed E-state index contributed by atoms with van der Waals surface area (Å²) in [7, 11) is 0. The molecule has 5 nitrogen and oxygen atoms in total. The van der Waals surface area contributed by atoms with Crippen LogP contribution in [-0.2, 0) is 4.79 Å². The molecule has 0 aliphatic carbocycles. The molecule has 0 radical (unpaired) electrons. The summed E-state index contributed by atoms with van der Waals surface area (Å²) in [6.45, 7) is 5.40. The number of amides is 3. The van der Waals surface area contributed by atoms with Gasteiger partial charge in [-0.25, -0.2) is 4.79 Å². The van der Waals surface area contributed by atoms with Crippen LogP contribution in [0, 0.1) is 5.41 Å². The van der Waals surface area contributed by atoms with Gasteiger partial charge in [0, 0.05) is 5.02 Å². The fourth-order valence-corrected chi connectivity index (χ4v) is 1.93. The van der Waals surface area contributed by atoms with Crippen LogP contribution in [0.15, 0.2) is 18.2 Å². The maximum atomic E-state index is 11.9. The first kappa shape index (κ1) is 16.6. The predicted molar refractivity (Wildman–Crippen MR) is 81.1 cm³/mol. The van der Waals surface area contributed by atoms with Gasteiger partial charge in [-0.3, -0.25) is 4.79 Å². The topological polar surface area (TPSA) is 84.2 Å². The third-order valence-corrected chi connectivity index (χ3v) is 3.17. The van der Waals surface area contributed by atoms with Gasteiger partial charge in [0.15, 0.2) is 0 Å². The number of hydrogen-bond donors (Lipinski definition) is 3. The minimum absolute atomic E-state index is 0.343. The molecule has 0 aliphatic rings. The van der Waals surface area contributed by atoms with Crippen molar-refractivity contribution in [1.82, 2.24) is 5.32 Å². The molecule has 1 atom stereocenters. The summed E-state index contributed by atoms with van der Waals surface area (Å²) in [4.78, 5) is 23.3. The Labute approximate surface area is 127 Å². The van der Waals surface area contributed by atoms with Crippen LogP contribution in [0.5, 0.6) is 0 Å². The first-order valence-electron chi connectivity index (χ1n) is 5.93. The zero-order valence-corrected chi connectivity index (χ0v) is 13.0. The van der Waals surface area contributed by atoms with Crippen LogP contribution in [0.2, 0.25) is 10.0 Å². The first-order chi connectivity index (χ1) is 9.11. The number of anilines is 1. The monoisotopic (exact) mass is 317 g/mol. The third-order valence-electron chi connectivity index (χ3n) is 2.60. The average molecular weight is 318 g/mol. The lowest BCUT2D eigenvalue weighted by molar-refractivity contribution is -0.122. The van der Waals surface area contributed by atoms with Crippen LogP contribution in [0.4, 0.5) is 10.5 Å². The molecule has 1 aromatic rings. The van der Waals surface area contributed by atoms with Crippen molar-refractivity contribution in [2.45, 2.75) is 26.8 Å². The smallest absolute Gasteiger partial charge is 0.319 e. The van der Waals surface area contributed by atoms with E-state index in [0.29, 0.717) is 15.7 Å². The number of rotatable bonds is 3. The number of carbonyl (C=O) groups is 2. The molecular formula is C13H17Cl2N3O2. The number of benzene rings is 1. The molecule has 0 aliphatic heterocycles. The molecule has 0 spiro atoms. The van der Waals surface area contributed by atoms with Crippen LogP contribution in [-0.4, -0.2) is 18.0 Å². The second-order valence-electron chi connectivity index (χ2n) is 5.42. The Morgan fingerprint density at radius 1 is 1.25 bits per heavy atom. The number of halogens is 2. The lowest BCUT2D eigenvalue weighted by Crippen LogP contribution is -2.53. The zero-order chi connectivity index (χ0) is 15.5. The highest BCUT2D eigenvalue weighted by Gasteiger charge is 2.31. The number of primary amides is 1. The lowest BCUT2D eigenvalue weighted by atomic mass is 9.86. The highest BCUT2D eigenvalue weighted by molar-refractivity contribution is 6.35. The Kier molecular flexibility index (Phi) is 5.25. The van der Waals surface area contributed by atoms with Gasteiger partial charge in [-0.05, 0) is 23.6 Å². The number of nitrogens with two attached hydrogens (primary N) is 1. The lowest BCUT2D eigenvalue weighted by Gasteiger charge is -2.28. The molecule has 0 heterocycles. The van der Waals surface area contributed by atoms with Gasteiger partial charge in [-0.15, -0.1) is 0 Å². The van der Waals surface area contributed by atoms with Gasteiger partial charge >= 0.3 is 6.03 Å². The Hall–Kier alpha value is -1.46. The van der Waals surface area contributed by atoms with Gasteiger partial charge in [0.2, 0.25) is 5.91 Å². The maximum absolute atomic E-state index is 11.9. The highest BCUT2D eigenvalue weighted by atomic mass is 35.5. The van der Waals surface area contributed by atoms with E-state index < -0.39 is 23.4 Å². The van der Waals surface area contributed by atoms with E-state index >= 15 is 0 Å². The minimum atomic E-state index is -0.805. The normalized spacial score (nSPS) is 12.7. The number of urea groups is 1. The number of hydrogen-bond acceptors (Lipinski definition) is 2. The van der Waals surface area contributed by atoms with Crippen LogP contribution >= 0.6 is 23.2 Å². The molecule has 0 saturated carbocycles. The summed E-state index contributed by atoms with van der Waals surface area (Å²) in [5.74, 6) is -0.607. The maximum Gasteiger partial charge on any atom is 0.319 e. The van der Waals surface area contributed by atoms with E-state index in [0.717, 1.165) is 0 Å². The van der Waals surface area contributed by atoms with Crippen molar-refractivity contribution < 1.29 is 9.59 Å². The fourth-order valence-electron chi connectivity index (χ4n) is 1.60. The summed E-state index contributed by atoms with van der Waals surface area (Å²) in [5, 5.41) is 5.84. The first-order valence-corrected chi connectivity index (χ1v) is 6.68.